The fourth-order valence-electron chi connectivity index (χ4n) is 3.69. The van der Waals surface area contributed by atoms with Gasteiger partial charge in [-0.1, -0.05) is 42.5 Å². The third-order valence-electron chi connectivity index (χ3n) is 5.35. The highest BCUT2D eigenvalue weighted by Crippen LogP contribution is 2.24. The second-order valence-electron chi connectivity index (χ2n) is 7.83. The predicted molar refractivity (Wildman–Crippen MR) is 141 cm³/mol. The van der Waals surface area contributed by atoms with Crippen LogP contribution in [0.15, 0.2) is 77.7 Å². The van der Waals surface area contributed by atoms with Crippen LogP contribution in [0.4, 0.5) is 5.69 Å². The molecule has 11 heteroatoms. The third kappa shape index (κ3) is 6.02. The highest BCUT2D eigenvalue weighted by Gasteiger charge is 2.18. The van der Waals surface area contributed by atoms with Crippen LogP contribution in [0.1, 0.15) is 23.9 Å². The predicted octanol–water partition coefficient (Wildman–Crippen LogP) is 3.70. The monoisotopic (exact) mass is 527 g/mol. The molecule has 4 rings (SSSR count). The number of aromatic nitrogens is 2. The van der Waals surface area contributed by atoms with E-state index in [1.807, 2.05) is 12.1 Å². The van der Waals surface area contributed by atoms with Gasteiger partial charge in [0.05, 0.1) is 28.2 Å². The number of rotatable bonds is 9. The van der Waals surface area contributed by atoms with Gasteiger partial charge in [-0.3, -0.25) is 14.9 Å². The normalized spacial score (nSPS) is 11.0. The zero-order chi connectivity index (χ0) is 25.0. The third-order valence-corrected chi connectivity index (χ3v) is 6.75. The number of hydrogen-bond acceptors (Lipinski definition) is 6. The fourth-order valence-corrected chi connectivity index (χ4v) is 4.76. The molecule has 0 fully saturated rings. The molecule has 0 bridgehead atoms. The number of nitrogens with one attached hydrogen (secondary N) is 2. The molecule has 3 aromatic carbocycles. The van der Waals surface area contributed by atoms with Gasteiger partial charge in [0.1, 0.15) is 18.2 Å². The average Bonchev–Trinajstić information content (AvgIpc) is 3.15. The lowest BCUT2D eigenvalue weighted by atomic mass is 10.1. The Morgan fingerprint density at radius 1 is 1.08 bits per heavy atom. The number of sulfonamides is 1. The second-order valence-corrected chi connectivity index (χ2v) is 9.51. The number of anilines is 1. The Hall–Kier alpha value is -3.89. The topological polar surface area (TPSA) is 140 Å². The van der Waals surface area contributed by atoms with Gasteiger partial charge in [-0.15, -0.1) is 12.4 Å². The maximum Gasteiger partial charge on any atom is 0.326 e. The number of hydrogen-bond donors (Lipinski definition) is 3. The van der Waals surface area contributed by atoms with Gasteiger partial charge in [-0.2, -0.15) is 0 Å². The van der Waals surface area contributed by atoms with Gasteiger partial charge in [-0.25, -0.2) is 13.4 Å². The molecule has 0 amide bonds. The average molecular weight is 528 g/mol. The first-order valence-electron chi connectivity index (χ1n) is 10.9. The van der Waals surface area contributed by atoms with E-state index in [2.05, 4.69) is 4.72 Å². The summed E-state index contributed by atoms with van der Waals surface area (Å²) in [4.78, 5) is 17.1. The molecule has 1 aromatic heterocycles. The summed E-state index contributed by atoms with van der Waals surface area (Å²) in [6.45, 7) is 1.98. The Bertz CT molecular complexity index is 1490. The highest BCUT2D eigenvalue weighted by atomic mass is 35.5. The van der Waals surface area contributed by atoms with Crippen LogP contribution in [-0.2, 0) is 32.5 Å². The van der Waals surface area contributed by atoms with Crippen LogP contribution in [0, 0.1) is 5.41 Å². The van der Waals surface area contributed by atoms with E-state index < -0.39 is 16.0 Å². The standard InChI is InChI=1S/C25H25N5O4S.ClH/c1-2-34-24(31)16-30-22-13-12-19(29-35(32,33)20-6-4-3-5-7-20)15-21(22)28-23(30)14-17-8-10-18(11-9-17)25(26)27;/h3-13,15,29H,2,14,16H2,1H3,(H3,26,27);1H. The van der Waals surface area contributed by atoms with Crippen molar-refractivity contribution >= 4 is 51.0 Å². The Morgan fingerprint density at radius 3 is 2.42 bits per heavy atom. The van der Waals surface area contributed by atoms with E-state index in [4.69, 9.17) is 20.9 Å². The minimum absolute atomic E-state index is 0. The van der Waals surface area contributed by atoms with E-state index in [0.29, 0.717) is 34.5 Å². The molecule has 36 heavy (non-hydrogen) atoms. The summed E-state index contributed by atoms with van der Waals surface area (Å²) in [5.74, 6) is 0.206. The molecule has 0 unspecified atom stereocenters. The molecule has 188 valence electrons. The second kappa shape index (κ2) is 11.2. The van der Waals surface area contributed by atoms with Gasteiger partial charge < -0.3 is 15.0 Å². The van der Waals surface area contributed by atoms with Crippen molar-refractivity contribution < 1.29 is 17.9 Å². The molecule has 0 spiro atoms. The number of ether oxygens (including phenoxy) is 1. The lowest BCUT2D eigenvalue weighted by molar-refractivity contribution is -0.143. The first-order valence-corrected chi connectivity index (χ1v) is 12.4. The van der Waals surface area contributed by atoms with Crippen molar-refractivity contribution in [1.29, 1.82) is 5.41 Å². The number of fused-ring (bicyclic) bond motifs is 1. The zero-order valence-electron chi connectivity index (χ0n) is 19.5. The lowest BCUT2D eigenvalue weighted by Crippen LogP contribution is -2.16. The number of carbonyl (C=O) groups is 1. The first kappa shape index (κ1) is 26.7. The lowest BCUT2D eigenvalue weighted by Gasteiger charge is -2.10. The Balaban J connectivity index is 0.00000361. The number of carbonyl (C=O) groups excluding carboxylic acids is 1. The molecule has 0 aliphatic heterocycles. The van der Waals surface area contributed by atoms with Crippen LogP contribution < -0.4 is 10.5 Å². The van der Waals surface area contributed by atoms with Crippen molar-refractivity contribution in [2.75, 3.05) is 11.3 Å². The summed E-state index contributed by atoms with van der Waals surface area (Å²) in [5, 5.41) is 7.55. The number of nitrogen functional groups attached to an aromatic ring is 1. The molecule has 0 aliphatic carbocycles. The van der Waals surface area contributed by atoms with Crippen LogP contribution in [0.3, 0.4) is 0 Å². The molecular formula is C25H26ClN5O4S. The van der Waals surface area contributed by atoms with Crippen LogP contribution in [0.5, 0.6) is 0 Å². The molecule has 4 N–H and O–H groups in total. The Morgan fingerprint density at radius 2 is 1.78 bits per heavy atom. The van der Waals surface area contributed by atoms with Crippen molar-refractivity contribution in [1.82, 2.24) is 9.55 Å². The molecule has 0 atom stereocenters. The Labute approximate surface area is 215 Å². The van der Waals surface area contributed by atoms with Crippen molar-refractivity contribution in [3.05, 3.63) is 89.7 Å². The van der Waals surface area contributed by atoms with Gasteiger partial charge >= 0.3 is 5.97 Å². The minimum Gasteiger partial charge on any atom is -0.465 e. The van der Waals surface area contributed by atoms with Gasteiger partial charge in [0.15, 0.2) is 0 Å². The molecule has 0 aliphatic rings. The van der Waals surface area contributed by atoms with Crippen LogP contribution >= 0.6 is 12.4 Å². The number of amidine groups is 1. The minimum atomic E-state index is -3.76. The fraction of sp³-hybridized carbons (Fsp3) is 0.160. The number of halogens is 1. The summed E-state index contributed by atoms with van der Waals surface area (Å²) >= 11 is 0. The summed E-state index contributed by atoms with van der Waals surface area (Å²) in [6.07, 6.45) is 0.414. The summed E-state index contributed by atoms with van der Waals surface area (Å²) < 4.78 is 34.9. The molecule has 1 heterocycles. The molecule has 0 saturated carbocycles. The van der Waals surface area contributed by atoms with E-state index in [1.165, 1.54) is 12.1 Å². The van der Waals surface area contributed by atoms with Crippen LogP contribution in [-0.4, -0.2) is 36.4 Å². The first-order chi connectivity index (χ1) is 16.8. The van der Waals surface area contributed by atoms with Crippen LogP contribution in [0.2, 0.25) is 0 Å². The van der Waals surface area contributed by atoms with Crippen molar-refractivity contribution in [2.45, 2.75) is 24.8 Å². The van der Waals surface area contributed by atoms with Gasteiger partial charge in [0.25, 0.3) is 10.0 Å². The maximum atomic E-state index is 12.7. The van der Waals surface area contributed by atoms with Crippen LogP contribution in [0.25, 0.3) is 11.0 Å². The summed E-state index contributed by atoms with van der Waals surface area (Å²) in [5.41, 5.74) is 8.65. The molecular weight excluding hydrogens is 502 g/mol. The number of nitrogens with zero attached hydrogens (tertiary/aromatic N) is 2. The van der Waals surface area contributed by atoms with E-state index in [0.717, 1.165) is 5.56 Å². The van der Waals surface area contributed by atoms with Gasteiger partial charge in [-0.05, 0) is 42.8 Å². The number of nitrogens with two attached hydrogens (primary N) is 1. The van der Waals surface area contributed by atoms with E-state index in [1.54, 1.807) is 60.0 Å². The maximum absolute atomic E-state index is 12.7. The SMILES string of the molecule is CCOC(=O)Cn1c(Cc2ccc(C(=N)N)cc2)nc2cc(NS(=O)(=O)c3ccccc3)ccc21.Cl. The largest absolute Gasteiger partial charge is 0.465 e. The van der Waals surface area contributed by atoms with E-state index in [-0.39, 0.29) is 36.3 Å². The zero-order valence-corrected chi connectivity index (χ0v) is 21.1. The molecule has 4 aromatic rings. The number of imidazole rings is 1. The molecule has 0 radical (unpaired) electrons. The molecule has 9 nitrogen and oxygen atoms in total. The van der Waals surface area contributed by atoms with Gasteiger partial charge in [0, 0.05) is 12.0 Å². The number of benzene rings is 3. The highest BCUT2D eigenvalue weighted by molar-refractivity contribution is 7.92. The van der Waals surface area contributed by atoms with E-state index in [9.17, 15) is 13.2 Å². The molecule has 0 saturated heterocycles. The van der Waals surface area contributed by atoms with Crippen molar-refractivity contribution in [3.8, 4) is 0 Å². The van der Waals surface area contributed by atoms with E-state index >= 15 is 0 Å². The number of esters is 1. The van der Waals surface area contributed by atoms with Crippen molar-refractivity contribution in [2.24, 2.45) is 5.73 Å². The summed E-state index contributed by atoms with van der Waals surface area (Å²) in [7, 11) is -3.76. The quantitative estimate of drug-likeness (QED) is 0.172. The smallest absolute Gasteiger partial charge is 0.326 e. The Kier molecular flexibility index (Phi) is 8.33. The van der Waals surface area contributed by atoms with Gasteiger partial charge in [0.2, 0.25) is 0 Å². The summed E-state index contributed by atoms with van der Waals surface area (Å²) in [6, 6.07) is 20.3. The van der Waals surface area contributed by atoms with Crippen molar-refractivity contribution in [3.63, 3.8) is 0 Å².